The zero-order valence-electron chi connectivity index (χ0n) is 12.5. The molecule has 0 amide bonds. The Morgan fingerprint density at radius 1 is 1.29 bits per heavy atom. The van der Waals surface area contributed by atoms with Crippen LogP contribution in [0.5, 0.6) is 0 Å². The van der Waals surface area contributed by atoms with E-state index in [9.17, 15) is 4.79 Å². The van der Waals surface area contributed by atoms with Gasteiger partial charge in [0.15, 0.2) is 5.69 Å². The third kappa shape index (κ3) is 3.02. The summed E-state index contributed by atoms with van der Waals surface area (Å²) in [5, 5.41) is 0. The number of nitrogens with zero attached hydrogens (tertiary/aromatic N) is 2. The molecule has 0 bridgehead atoms. The predicted octanol–water partition coefficient (Wildman–Crippen LogP) is 3.94. The summed E-state index contributed by atoms with van der Waals surface area (Å²) in [7, 11) is 0. The summed E-state index contributed by atoms with van der Waals surface area (Å²) in [4.78, 5) is 16.2. The number of benzene rings is 1. The van der Waals surface area contributed by atoms with Gasteiger partial charge >= 0.3 is 5.97 Å². The van der Waals surface area contributed by atoms with Gasteiger partial charge < -0.3 is 4.74 Å². The highest BCUT2D eigenvalue weighted by Gasteiger charge is 2.19. The lowest BCUT2D eigenvalue weighted by molar-refractivity contribution is 0.0517. The van der Waals surface area contributed by atoms with E-state index in [1.54, 1.807) is 19.4 Å². The van der Waals surface area contributed by atoms with E-state index in [2.05, 4.69) is 46.9 Å². The van der Waals surface area contributed by atoms with Gasteiger partial charge in [-0.05, 0) is 37.0 Å². The van der Waals surface area contributed by atoms with Crippen LogP contribution in [0.25, 0.3) is 5.69 Å². The standard InChI is InChI=1S/C16H19BrN2O2/c1-4-11-7-8-13(17)12(5-2)15(11)19-10-18-9-14(19)16(20)21-6-3/h7-10H,4-6H2,1-3H3. The Hall–Kier alpha value is -1.62. The van der Waals surface area contributed by atoms with Crippen LogP contribution in [0, 0.1) is 0 Å². The number of hydrogen-bond acceptors (Lipinski definition) is 3. The van der Waals surface area contributed by atoms with Crippen molar-refractivity contribution < 1.29 is 9.53 Å². The van der Waals surface area contributed by atoms with E-state index >= 15 is 0 Å². The molecule has 0 fully saturated rings. The second kappa shape index (κ2) is 6.89. The quantitative estimate of drug-likeness (QED) is 0.767. The van der Waals surface area contributed by atoms with Crippen molar-refractivity contribution in [2.45, 2.75) is 33.6 Å². The zero-order valence-corrected chi connectivity index (χ0v) is 14.1. The van der Waals surface area contributed by atoms with Gasteiger partial charge in [-0.2, -0.15) is 0 Å². The molecule has 0 saturated carbocycles. The van der Waals surface area contributed by atoms with Crippen molar-refractivity contribution in [2.75, 3.05) is 6.61 Å². The van der Waals surface area contributed by atoms with Crippen molar-refractivity contribution in [2.24, 2.45) is 0 Å². The fraction of sp³-hybridized carbons (Fsp3) is 0.375. The van der Waals surface area contributed by atoms with Gasteiger partial charge in [0.25, 0.3) is 0 Å². The summed E-state index contributed by atoms with van der Waals surface area (Å²) >= 11 is 3.60. The monoisotopic (exact) mass is 350 g/mol. The van der Waals surface area contributed by atoms with E-state index in [0.717, 1.165) is 28.6 Å². The molecule has 0 aliphatic rings. The average molecular weight is 351 g/mol. The fourth-order valence-corrected chi connectivity index (χ4v) is 3.01. The minimum Gasteiger partial charge on any atom is -0.461 e. The van der Waals surface area contributed by atoms with Gasteiger partial charge in [-0.15, -0.1) is 0 Å². The third-order valence-electron chi connectivity index (χ3n) is 3.41. The van der Waals surface area contributed by atoms with E-state index < -0.39 is 0 Å². The smallest absolute Gasteiger partial charge is 0.356 e. The molecule has 0 saturated heterocycles. The van der Waals surface area contributed by atoms with Crippen LogP contribution < -0.4 is 0 Å². The van der Waals surface area contributed by atoms with E-state index in [4.69, 9.17) is 4.74 Å². The molecule has 21 heavy (non-hydrogen) atoms. The Bertz CT molecular complexity index is 650. The number of hydrogen-bond donors (Lipinski definition) is 0. The van der Waals surface area contributed by atoms with Gasteiger partial charge in [0, 0.05) is 4.47 Å². The number of carbonyl (C=O) groups excluding carboxylic acids is 1. The van der Waals surface area contributed by atoms with Gasteiger partial charge in [0.05, 0.1) is 24.8 Å². The second-order valence-electron chi connectivity index (χ2n) is 4.61. The Morgan fingerprint density at radius 3 is 2.67 bits per heavy atom. The van der Waals surface area contributed by atoms with E-state index in [1.165, 1.54) is 5.56 Å². The van der Waals surface area contributed by atoms with Gasteiger partial charge in [0.1, 0.15) is 0 Å². The Labute approximate surface area is 133 Å². The summed E-state index contributed by atoms with van der Waals surface area (Å²) in [6, 6.07) is 4.13. The SMILES string of the molecule is CCOC(=O)c1cncn1-c1c(CC)ccc(Br)c1CC. The largest absolute Gasteiger partial charge is 0.461 e. The summed E-state index contributed by atoms with van der Waals surface area (Å²) in [5.74, 6) is -0.348. The number of halogens is 1. The van der Waals surface area contributed by atoms with E-state index in [-0.39, 0.29) is 5.97 Å². The molecule has 0 aliphatic heterocycles. The molecule has 1 aromatic heterocycles. The first-order valence-corrected chi connectivity index (χ1v) is 7.93. The molecular formula is C16H19BrN2O2. The van der Waals surface area contributed by atoms with Crippen molar-refractivity contribution >= 4 is 21.9 Å². The molecule has 0 N–H and O–H groups in total. The molecule has 4 nitrogen and oxygen atoms in total. The highest BCUT2D eigenvalue weighted by molar-refractivity contribution is 9.10. The van der Waals surface area contributed by atoms with Gasteiger partial charge in [-0.25, -0.2) is 9.78 Å². The molecule has 1 aromatic carbocycles. The lowest BCUT2D eigenvalue weighted by Gasteiger charge is -2.17. The highest BCUT2D eigenvalue weighted by atomic mass is 79.9. The number of esters is 1. The Kier molecular flexibility index (Phi) is 5.17. The minimum absolute atomic E-state index is 0.348. The summed E-state index contributed by atoms with van der Waals surface area (Å²) in [5.41, 5.74) is 3.82. The topological polar surface area (TPSA) is 44.1 Å². The van der Waals surface area contributed by atoms with Gasteiger partial charge in [0.2, 0.25) is 0 Å². The zero-order chi connectivity index (χ0) is 15.4. The summed E-state index contributed by atoms with van der Waals surface area (Å²) in [6.07, 6.45) is 4.98. The van der Waals surface area contributed by atoms with Crippen LogP contribution in [0.1, 0.15) is 42.4 Å². The lowest BCUT2D eigenvalue weighted by Crippen LogP contribution is -2.13. The number of aryl methyl sites for hydroxylation is 1. The summed E-state index contributed by atoms with van der Waals surface area (Å²) < 4.78 is 7.99. The molecule has 0 spiro atoms. The molecule has 5 heteroatoms. The number of imidazole rings is 1. The maximum atomic E-state index is 12.1. The average Bonchev–Trinajstić information content (AvgIpc) is 2.96. The maximum absolute atomic E-state index is 12.1. The highest BCUT2D eigenvalue weighted by Crippen LogP contribution is 2.29. The molecule has 2 aromatic rings. The van der Waals surface area contributed by atoms with Crippen LogP contribution in [-0.4, -0.2) is 22.1 Å². The number of ether oxygens (including phenoxy) is 1. The molecular weight excluding hydrogens is 332 g/mol. The maximum Gasteiger partial charge on any atom is 0.356 e. The van der Waals surface area contributed by atoms with Crippen LogP contribution in [0.2, 0.25) is 0 Å². The van der Waals surface area contributed by atoms with Crippen LogP contribution in [0.4, 0.5) is 0 Å². The van der Waals surface area contributed by atoms with Crippen molar-refractivity contribution in [3.8, 4) is 5.69 Å². The predicted molar refractivity (Wildman–Crippen MR) is 86.0 cm³/mol. The lowest BCUT2D eigenvalue weighted by atomic mass is 10.0. The summed E-state index contributed by atoms with van der Waals surface area (Å²) in [6.45, 7) is 6.35. The van der Waals surface area contributed by atoms with Crippen molar-refractivity contribution in [1.82, 2.24) is 9.55 Å². The Balaban J connectivity index is 2.64. The second-order valence-corrected chi connectivity index (χ2v) is 5.46. The molecule has 0 atom stereocenters. The molecule has 0 unspecified atom stereocenters. The van der Waals surface area contributed by atoms with Crippen LogP contribution >= 0.6 is 15.9 Å². The normalized spacial score (nSPS) is 10.7. The molecule has 2 rings (SSSR count). The number of rotatable bonds is 5. The fourth-order valence-electron chi connectivity index (χ4n) is 2.41. The van der Waals surface area contributed by atoms with Crippen LogP contribution in [-0.2, 0) is 17.6 Å². The van der Waals surface area contributed by atoms with Crippen molar-refractivity contribution in [3.05, 3.63) is 46.0 Å². The first-order chi connectivity index (χ1) is 10.1. The molecule has 1 heterocycles. The van der Waals surface area contributed by atoms with Crippen LogP contribution in [0.3, 0.4) is 0 Å². The van der Waals surface area contributed by atoms with E-state index in [0.29, 0.717) is 12.3 Å². The molecule has 112 valence electrons. The van der Waals surface area contributed by atoms with Gasteiger partial charge in [-0.1, -0.05) is 35.8 Å². The first kappa shape index (κ1) is 15.8. The van der Waals surface area contributed by atoms with E-state index in [1.807, 2.05) is 4.57 Å². The van der Waals surface area contributed by atoms with Crippen molar-refractivity contribution in [3.63, 3.8) is 0 Å². The number of aromatic nitrogens is 2. The van der Waals surface area contributed by atoms with Crippen molar-refractivity contribution in [1.29, 1.82) is 0 Å². The minimum atomic E-state index is -0.348. The number of carbonyl (C=O) groups is 1. The third-order valence-corrected chi connectivity index (χ3v) is 4.15. The Morgan fingerprint density at radius 2 is 2.05 bits per heavy atom. The molecule has 0 radical (unpaired) electrons. The molecule has 0 aliphatic carbocycles. The van der Waals surface area contributed by atoms with Crippen LogP contribution in [0.15, 0.2) is 29.1 Å². The first-order valence-electron chi connectivity index (χ1n) is 7.14. The van der Waals surface area contributed by atoms with Gasteiger partial charge in [-0.3, -0.25) is 4.57 Å².